The van der Waals surface area contributed by atoms with E-state index in [1.165, 1.54) is 11.1 Å². The van der Waals surface area contributed by atoms with Gasteiger partial charge >= 0.3 is 0 Å². The summed E-state index contributed by atoms with van der Waals surface area (Å²) in [5.74, 6) is 3.38. The van der Waals surface area contributed by atoms with Crippen LogP contribution in [0.3, 0.4) is 0 Å². The molecule has 4 rings (SSSR count). The Balaban J connectivity index is 1.72. The summed E-state index contributed by atoms with van der Waals surface area (Å²) in [6.45, 7) is 7.47. The van der Waals surface area contributed by atoms with Crippen molar-refractivity contribution in [1.82, 2.24) is 9.55 Å². The van der Waals surface area contributed by atoms with Gasteiger partial charge in [0.05, 0.1) is 25.3 Å². The largest absolute Gasteiger partial charge is 0.493 e. The van der Waals surface area contributed by atoms with Crippen LogP contribution in [-0.2, 0) is 13.0 Å². The van der Waals surface area contributed by atoms with E-state index in [1.807, 2.05) is 18.2 Å². The SMILES string of the molecule is COc1ccc(Cn2c([C@H](C)c3ccc(CC(C)C)cc3)nc3ccccc32)cc1OC. The minimum atomic E-state index is 0.177. The second-order valence-electron chi connectivity index (χ2n) is 8.80. The van der Waals surface area contributed by atoms with Crippen LogP contribution in [0.1, 0.15) is 49.2 Å². The first-order valence-corrected chi connectivity index (χ1v) is 11.2. The van der Waals surface area contributed by atoms with Crippen LogP contribution in [0, 0.1) is 5.92 Å². The van der Waals surface area contributed by atoms with Gasteiger partial charge in [-0.25, -0.2) is 4.98 Å². The predicted molar refractivity (Wildman–Crippen MR) is 131 cm³/mol. The van der Waals surface area contributed by atoms with E-state index in [1.54, 1.807) is 14.2 Å². The molecule has 0 aliphatic carbocycles. The molecule has 0 N–H and O–H groups in total. The van der Waals surface area contributed by atoms with Crippen LogP contribution >= 0.6 is 0 Å². The third-order valence-corrected chi connectivity index (χ3v) is 5.98. The maximum absolute atomic E-state index is 5.52. The maximum Gasteiger partial charge on any atom is 0.161 e. The van der Waals surface area contributed by atoms with Gasteiger partial charge in [0, 0.05) is 12.5 Å². The molecular formula is C28H32N2O2. The molecule has 166 valence electrons. The van der Waals surface area contributed by atoms with E-state index in [-0.39, 0.29) is 5.92 Å². The van der Waals surface area contributed by atoms with E-state index in [9.17, 15) is 0 Å². The van der Waals surface area contributed by atoms with Gasteiger partial charge < -0.3 is 14.0 Å². The molecule has 4 nitrogen and oxygen atoms in total. The topological polar surface area (TPSA) is 36.3 Å². The Labute approximate surface area is 190 Å². The summed E-state index contributed by atoms with van der Waals surface area (Å²) >= 11 is 0. The molecule has 0 radical (unpaired) electrons. The van der Waals surface area contributed by atoms with Gasteiger partial charge in [-0.1, -0.05) is 63.2 Å². The van der Waals surface area contributed by atoms with E-state index in [0.29, 0.717) is 12.5 Å². The quantitative estimate of drug-likeness (QED) is 0.323. The first-order valence-electron chi connectivity index (χ1n) is 11.2. The zero-order chi connectivity index (χ0) is 22.7. The lowest BCUT2D eigenvalue weighted by molar-refractivity contribution is 0.354. The Hall–Kier alpha value is -3.27. The maximum atomic E-state index is 5.52. The summed E-state index contributed by atoms with van der Waals surface area (Å²) in [5.41, 5.74) is 5.97. The number of para-hydroxylation sites is 2. The molecule has 1 heterocycles. The number of nitrogens with zero attached hydrogens (tertiary/aromatic N) is 2. The van der Waals surface area contributed by atoms with Gasteiger partial charge in [-0.2, -0.15) is 0 Å². The molecule has 0 bridgehead atoms. The van der Waals surface area contributed by atoms with Crippen molar-refractivity contribution in [2.24, 2.45) is 5.92 Å². The summed E-state index contributed by atoms with van der Waals surface area (Å²) in [4.78, 5) is 5.04. The van der Waals surface area contributed by atoms with E-state index in [0.717, 1.165) is 40.3 Å². The fourth-order valence-corrected chi connectivity index (χ4v) is 4.32. The van der Waals surface area contributed by atoms with Crippen LogP contribution in [0.2, 0.25) is 0 Å². The minimum absolute atomic E-state index is 0.177. The molecule has 32 heavy (non-hydrogen) atoms. The van der Waals surface area contributed by atoms with Crippen molar-refractivity contribution in [2.75, 3.05) is 14.2 Å². The number of fused-ring (bicyclic) bond motifs is 1. The minimum Gasteiger partial charge on any atom is -0.493 e. The van der Waals surface area contributed by atoms with Crippen molar-refractivity contribution in [3.8, 4) is 11.5 Å². The molecule has 0 spiro atoms. The van der Waals surface area contributed by atoms with Gasteiger partial charge in [-0.05, 0) is 53.3 Å². The molecule has 0 aliphatic rings. The van der Waals surface area contributed by atoms with E-state index < -0.39 is 0 Å². The Morgan fingerprint density at radius 2 is 1.50 bits per heavy atom. The number of methoxy groups -OCH3 is 2. The molecule has 0 fully saturated rings. The van der Waals surface area contributed by atoms with Gasteiger partial charge in [0.25, 0.3) is 0 Å². The highest BCUT2D eigenvalue weighted by Gasteiger charge is 2.19. The first-order chi connectivity index (χ1) is 15.5. The Morgan fingerprint density at radius 3 is 2.19 bits per heavy atom. The lowest BCUT2D eigenvalue weighted by Gasteiger charge is -2.17. The normalized spacial score (nSPS) is 12.3. The molecule has 1 atom stereocenters. The van der Waals surface area contributed by atoms with Crippen molar-refractivity contribution in [3.63, 3.8) is 0 Å². The van der Waals surface area contributed by atoms with Crippen LogP contribution in [0.5, 0.6) is 11.5 Å². The van der Waals surface area contributed by atoms with Gasteiger partial charge in [-0.15, -0.1) is 0 Å². The zero-order valence-electron chi connectivity index (χ0n) is 19.6. The lowest BCUT2D eigenvalue weighted by Crippen LogP contribution is -2.10. The van der Waals surface area contributed by atoms with Gasteiger partial charge in [0.2, 0.25) is 0 Å². The monoisotopic (exact) mass is 428 g/mol. The molecule has 0 saturated heterocycles. The summed E-state index contributed by atoms with van der Waals surface area (Å²) in [6, 6.07) is 23.5. The molecule has 0 saturated carbocycles. The third-order valence-electron chi connectivity index (χ3n) is 5.98. The summed E-state index contributed by atoms with van der Waals surface area (Å²) in [7, 11) is 3.33. The Bertz CT molecular complexity index is 1190. The highest BCUT2D eigenvalue weighted by molar-refractivity contribution is 5.76. The van der Waals surface area contributed by atoms with Gasteiger partial charge in [0.15, 0.2) is 11.5 Å². The van der Waals surface area contributed by atoms with Crippen molar-refractivity contribution in [3.05, 3.63) is 89.2 Å². The van der Waals surface area contributed by atoms with Crippen LogP contribution in [0.4, 0.5) is 0 Å². The summed E-state index contributed by atoms with van der Waals surface area (Å²) in [5, 5.41) is 0. The number of ether oxygens (including phenoxy) is 2. The average Bonchev–Trinajstić information content (AvgIpc) is 3.17. The highest BCUT2D eigenvalue weighted by atomic mass is 16.5. The predicted octanol–water partition coefficient (Wildman–Crippen LogP) is 6.45. The number of benzene rings is 3. The van der Waals surface area contributed by atoms with Gasteiger partial charge in [-0.3, -0.25) is 0 Å². The second-order valence-corrected chi connectivity index (χ2v) is 8.80. The zero-order valence-corrected chi connectivity index (χ0v) is 19.6. The number of hydrogen-bond donors (Lipinski definition) is 0. The average molecular weight is 429 g/mol. The van der Waals surface area contributed by atoms with Crippen molar-refractivity contribution in [2.45, 2.75) is 39.7 Å². The fraction of sp³-hybridized carbons (Fsp3) is 0.321. The highest BCUT2D eigenvalue weighted by Crippen LogP contribution is 2.31. The number of imidazole rings is 1. The Morgan fingerprint density at radius 1 is 0.812 bits per heavy atom. The fourth-order valence-electron chi connectivity index (χ4n) is 4.32. The first kappa shape index (κ1) is 21.9. The second kappa shape index (κ2) is 9.47. The molecule has 1 aromatic heterocycles. The van der Waals surface area contributed by atoms with Crippen molar-refractivity contribution < 1.29 is 9.47 Å². The van der Waals surface area contributed by atoms with E-state index >= 15 is 0 Å². The summed E-state index contributed by atoms with van der Waals surface area (Å²) in [6.07, 6.45) is 1.10. The van der Waals surface area contributed by atoms with Crippen LogP contribution in [-0.4, -0.2) is 23.8 Å². The lowest BCUT2D eigenvalue weighted by atomic mass is 9.96. The van der Waals surface area contributed by atoms with E-state index in [2.05, 4.69) is 73.9 Å². The molecule has 4 heteroatoms. The van der Waals surface area contributed by atoms with Crippen LogP contribution < -0.4 is 9.47 Å². The molecule has 0 aliphatic heterocycles. The molecule has 4 aromatic rings. The standard InChI is InChI=1S/C28H32N2O2/c1-19(2)16-21-10-13-23(14-11-21)20(3)28-29-24-8-6-7-9-25(24)30(28)18-22-12-15-26(31-4)27(17-22)32-5/h6-15,17,19-20H,16,18H2,1-5H3/t20-/m1/s1. The van der Waals surface area contributed by atoms with Gasteiger partial charge in [0.1, 0.15) is 5.82 Å². The third kappa shape index (κ3) is 4.50. The summed E-state index contributed by atoms with van der Waals surface area (Å²) < 4.78 is 13.2. The molecule has 0 amide bonds. The molecule has 0 unspecified atom stereocenters. The Kier molecular flexibility index (Phi) is 6.50. The molecular weight excluding hydrogens is 396 g/mol. The number of aromatic nitrogens is 2. The molecule has 3 aromatic carbocycles. The number of hydrogen-bond acceptors (Lipinski definition) is 3. The number of rotatable bonds is 8. The van der Waals surface area contributed by atoms with Crippen LogP contribution in [0.15, 0.2) is 66.7 Å². The van der Waals surface area contributed by atoms with Crippen molar-refractivity contribution >= 4 is 11.0 Å². The van der Waals surface area contributed by atoms with Crippen molar-refractivity contribution in [1.29, 1.82) is 0 Å². The smallest absolute Gasteiger partial charge is 0.161 e. The van der Waals surface area contributed by atoms with Crippen LogP contribution in [0.25, 0.3) is 11.0 Å². The van der Waals surface area contributed by atoms with E-state index in [4.69, 9.17) is 14.5 Å².